The molecule has 48 valence electrons. The van der Waals surface area contributed by atoms with E-state index in [1.165, 1.54) is 6.42 Å². The minimum absolute atomic E-state index is 0.300. The van der Waals surface area contributed by atoms with Crippen LogP contribution in [-0.2, 0) is 0 Å². The van der Waals surface area contributed by atoms with Crippen LogP contribution in [0.3, 0.4) is 0 Å². The van der Waals surface area contributed by atoms with Gasteiger partial charge in [-0.15, -0.1) is 0 Å². The van der Waals surface area contributed by atoms with Crippen molar-refractivity contribution in [3.8, 4) is 0 Å². The monoisotopic (exact) mass is 240 g/mol. The third kappa shape index (κ3) is 0.860. The molecule has 0 N–H and O–H groups in total. The summed E-state index contributed by atoms with van der Waals surface area (Å²) in [5.74, 6) is 1.66. The predicted molar refractivity (Wildman–Crippen MR) is 43.5 cm³/mol. The second kappa shape index (κ2) is 1.98. The van der Waals surface area contributed by atoms with Crippen LogP contribution in [0.1, 0.15) is 20.3 Å². The van der Waals surface area contributed by atoms with Crippen molar-refractivity contribution in [2.24, 2.45) is 11.8 Å². The van der Waals surface area contributed by atoms with Gasteiger partial charge in [0, 0.05) is 0 Å². The van der Waals surface area contributed by atoms with E-state index in [0.29, 0.717) is 3.23 Å². The van der Waals surface area contributed by atoms with E-state index >= 15 is 0 Å². The molecule has 2 atom stereocenters. The van der Waals surface area contributed by atoms with Gasteiger partial charge < -0.3 is 0 Å². The van der Waals surface area contributed by atoms with Crippen molar-refractivity contribution < 1.29 is 0 Å². The van der Waals surface area contributed by atoms with Crippen LogP contribution in [0.15, 0.2) is 0 Å². The molecule has 0 radical (unpaired) electrons. The molecule has 0 aromatic rings. The Kier molecular flexibility index (Phi) is 1.75. The minimum atomic E-state index is 0.300. The Hall–Kier alpha value is 0.960. The molecule has 1 fully saturated rings. The number of hydrogen-bond acceptors (Lipinski definition) is 0. The second-order valence-corrected chi connectivity index (χ2v) is 6.17. The Bertz CT molecular complexity index is 98.7. The summed E-state index contributed by atoms with van der Waals surface area (Å²) in [6.07, 6.45) is 1.28. The van der Waals surface area contributed by atoms with Gasteiger partial charge in [-0.05, 0) is 11.8 Å². The Labute approximate surface area is 67.3 Å². The Morgan fingerprint density at radius 1 is 1.50 bits per heavy atom. The summed E-state index contributed by atoms with van der Waals surface area (Å²) in [4.78, 5) is 0. The molecular weight excluding hydrogens is 232 g/mol. The average Bonchev–Trinajstić information content (AvgIpc) is 2.09. The normalized spacial score (nSPS) is 42.0. The summed E-state index contributed by atoms with van der Waals surface area (Å²) in [6.45, 7) is 4.49. The molecular formula is C6H10Br2. The van der Waals surface area contributed by atoms with Crippen molar-refractivity contribution in [2.75, 3.05) is 0 Å². The molecule has 1 aliphatic carbocycles. The van der Waals surface area contributed by atoms with Crippen molar-refractivity contribution in [1.29, 1.82) is 0 Å². The molecule has 1 rings (SSSR count). The lowest BCUT2D eigenvalue weighted by Crippen LogP contribution is -1.84. The van der Waals surface area contributed by atoms with E-state index in [4.69, 9.17) is 0 Å². The van der Waals surface area contributed by atoms with Crippen molar-refractivity contribution in [2.45, 2.75) is 23.5 Å². The number of hydrogen-bond donors (Lipinski definition) is 0. The van der Waals surface area contributed by atoms with Crippen LogP contribution in [0.5, 0.6) is 0 Å². The molecule has 1 aliphatic rings. The van der Waals surface area contributed by atoms with Gasteiger partial charge in [-0.2, -0.15) is 0 Å². The third-order valence-corrected chi connectivity index (χ3v) is 4.66. The van der Waals surface area contributed by atoms with E-state index in [2.05, 4.69) is 45.7 Å². The highest BCUT2D eigenvalue weighted by atomic mass is 79.9. The lowest BCUT2D eigenvalue weighted by molar-refractivity contribution is 0.724. The maximum absolute atomic E-state index is 3.59. The minimum Gasteiger partial charge on any atom is -0.0721 e. The molecule has 0 spiro atoms. The van der Waals surface area contributed by atoms with E-state index in [0.717, 1.165) is 11.8 Å². The Morgan fingerprint density at radius 3 is 1.88 bits per heavy atom. The molecule has 0 heterocycles. The summed E-state index contributed by atoms with van der Waals surface area (Å²) in [5, 5.41) is 0. The fraction of sp³-hybridized carbons (Fsp3) is 1.00. The van der Waals surface area contributed by atoms with Gasteiger partial charge in [0.25, 0.3) is 0 Å². The average molecular weight is 242 g/mol. The standard InChI is InChI=1S/C6H10Br2/c1-3-5-4(2)6(5,7)8/h4-5H,3H2,1-2H3. The van der Waals surface area contributed by atoms with E-state index in [1.807, 2.05) is 0 Å². The number of alkyl halides is 2. The first kappa shape index (κ1) is 7.07. The van der Waals surface area contributed by atoms with E-state index < -0.39 is 0 Å². The number of rotatable bonds is 1. The first-order chi connectivity index (χ1) is 3.60. The highest BCUT2D eigenvalue weighted by Gasteiger charge is 2.57. The van der Waals surface area contributed by atoms with Crippen LogP contribution in [0, 0.1) is 11.8 Å². The summed E-state index contributed by atoms with van der Waals surface area (Å²) in [6, 6.07) is 0. The predicted octanol–water partition coefficient (Wildman–Crippen LogP) is 3.15. The van der Waals surface area contributed by atoms with E-state index in [1.54, 1.807) is 0 Å². The van der Waals surface area contributed by atoms with Gasteiger partial charge in [0.15, 0.2) is 0 Å². The molecule has 1 saturated carbocycles. The smallest absolute Gasteiger partial charge is 0.0721 e. The molecule has 0 nitrogen and oxygen atoms in total. The SMILES string of the molecule is CCC1C(C)C1(Br)Br. The molecule has 2 heteroatoms. The molecule has 8 heavy (non-hydrogen) atoms. The summed E-state index contributed by atoms with van der Waals surface area (Å²) >= 11 is 7.19. The van der Waals surface area contributed by atoms with Gasteiger partial charge in [-0.25, -0.2) is 0 Å². The van der Waals surface area contributed by atoms with Gasteiger partial charge in [0.2, 0.25) is 0 Å². The second-order valence-electron chi connectivity index (χ2n) is 2.48. The lowest BCUT2D eigenvalue weighted by atomic mass is 10.3. The maximum atomic E-state index is 3.59. The van der Waals surface area contributed by atoms with Gasteiger partial charge in [-0.1, -0.05) is 52.1 Å². The topological polar surface area (TPSA) is 0 Å². The molecule has 0 aromatic carbocycles. The van der Waals surface area contributed by atoms with Gasteiger partial charge in [-0.3, -0.25) is 0 Å². The first-order valence-corrected chi connectivity index (χ1v) is 4.57. The zero-order valence-electron chi connectivity index (χ0n) is 5.12. The third-order valence-electron chi connectivity index (χ3n) is 2.04. The fourth-order valence-corrected chi connectivity index (χ4v) is 3.00. The molecule has 2 unspecified atom stereocenters. The zero-order valence-corrected chi connectivity index (χ0v) is 8.29. The van der Waals surface area contributed by atoms with Crippen LogP contribution in [-0.4, -0.2) is 3.23 Å². The van der Waals surface area contributed by atoms with Crippen molar-refractivity contribution in [3.05, 3.63) is 0 Å². The van der Waals surface area contributed by atoms with Crippen LogP contribution in [0.4, 0.5) is 0 Å². The molecule has 0 amide bonds. The first-order valence-electron chi connectivity index (χ1n) is 2.98. The molecule has 0 aliphatic heterocycles. The van der Waals surface area contributed by atoms with Crippen molar-refractivity contribution in [3.63, 3.8) is 0 Å². The molecule has 0 bridgehead atoms. The Balaban J connectivity index is 2.45. The highest BCUT2D eigenvalue weighted by molar-refractivity contribution is 9.25. The summed E-state index contributed by atoms with van der Waals surface area (Å²) < 4.78 is 0.300. The molecule has 0 aromatic heterocycles. The zero-order chi connectivity index (χ0) is 6.36. The molecule has 0 saturated heterocycles. The van der Waals surface area contributed by atoms with Crippen LogP contribution >= 0.6 is 31.9 Å². The number of halogens is 2. The van der Waals surface area contributed by atoms with Crippen LogP contribution in [0.2, 0.25) is 0 Å². The van der Waals surface area contributed by atoms with Gasteiger partial charge in [0.1, 0.15) is 0 Å². The largest absolute Gasteiger partial charge is 0.0865 e. The maximum Gasteiger partial charge on any atom is 0.0865 e. The van der Waals surface area contributed by atoms with Crippen molar-refractivity contribution >= 4 is 31.9 Å². The lowest BCUT2D eigenvalue weighted by Gasteiger charge is -1.91. The quantitative estimate of drug-likeness (QED) is 0.619. The van der Waals surface area contributed by atoms with Crippen LogP contribution < -0.4 is 0 Å². The fourth-order valence-electron chi connectivity index (χ4n) is 1.19. The Morgan fingerprint density at radius 2 is 1.88 bits per heavy atom. The van der Waals surface area contributed by atoms with Crippen molar-refractivity contribution in [1.82, 2.24) is 0 Å². The summed E-state index contributed by atoms with van der Waals surface area (Å²) in [7, 11) is 0. The van der Waals surface area contributed by atoms with E-state index in [9.17, 15) is 0 Å². The van der Waals surface area contributed by atoms with Gasteiger partial charge in [0.05, 0.1) is 3.23 Å². The van der Waals surface area contributed by atoms with Gasteiger partial charge >= 0.3 is 0 Å². The van der Waals surface area contributed by atoms with E-state index in [-0.39, 0.29) is 0 Å². The summed E-state index contributed by atoms with van der Waals surface area (Å²) in [5.41, 5.74) is 0. The van der Waals surface area contributed by atoms with Crippen LogP contribution in [0.25, 0.3) is 0 Å². The highest BCUT2D eigenvalue weighted by Crippen LogP contribution is 2.62.